The van der Waals surface area contributed by atoms with Crippen molar-refractivity contribution >= 4 is 23.2 Å². The molecule has 3 aromatic rings. The molecule has 1 saturated heterocycles. The third-order valence-electron chi connectivity index (χ3n) is 5.81. The molecule has 5 nitrogen and oxygen atoms in total. The second-order valence-electron chi connectivity index (χ2n) is 8.30. The number of hydrogen-bond acceptors (Lipinski definition) is 4. The number of likely N-dealkylation sites (tertiary alicyclic amines) is 1. The highest BCUT2D eigenvalue weighted by Gasteiger charge is 2.16. The maximum atomic E-state index is 12.4. The van der Waals surface area contributed by atoms with Gasteiger partial charge < -0.3 is 10.4 Å². The Balaban J connectivity index is 1.23. The quantitative estimate of drug-likeness (QED) is 0.536. The second kappa shape index (κ2) is 10.7. The lowest BCUT2D eigenvalue weighted by atomic mass is 10.1. The summed E-state index contributed by atoms with van der Waals surface area (Å²) in [4.78, 5) is 19.2. The molecule has 6 heteroatoms. The molecule has 0 bridgehead atoms. The maximum absolute atomic E-state index is 12.4. The molecule has 0 spiro atoms. The van der Waals surface area contributed by atoms with Gasteiger partial charge in [-0.25, -0.2) is 0 Å². The van der Waals surface area contributed by atoms with Crippen molar-refractivity contribution in [2.45, 2.75) is 38.3 Å². The Morgan fingerprint density at radius 3 is 2.34 bits per heavy atom. The van der Waals surface area contributed by atoms with Crippen LogP contribution in [0.3, 0.4) is 0 Å². The van der Waals surface area contributed by atoms with Gasteiger partial charge in [0.25, 0.3) is 0 Å². The highest BCUT2D eigenvalue weighted by Crippen LogP contribution is 2.21. The topological polar surface area (TPSA) is 65.5 Å². The van der Waals surface area contributed by atoms with E-state index in [1.54, 1.807) is 0 Å². The molecule has 32 heavy (non-hydrogen) atoms. The monoisotopic (exact) mass is 449 g/mol. The minimum Gasteiger partial charge on any atom is -0.393 e. The van der Waals surface area contributed by atoms with Gasteiger partial charge in [-0.3, -0.25) is 14.7 Å². The van der Waals surface area contributed by atoms with E-state index in [-0.39, 0.29) is 12.0 Å². The van der Waals surface area contributed by atoms with E-state index in [0.29, 0.717) is 17.9 Å². The zero-order valence-electron chi connectivity index (χ0n) is 18.0. The SMILES string of the molecule is O=C(CCc1ccc(-c2ccc(Cl)cc2)cn1)Nc1ccc(CN2CCC(O)CC2)cc1. The summed E-state index contributed by atoms with van der Waals surface area (Å²) >= 11 is 5.94. The first kappa shape index (κ1) is 22.5. The van der Waals surface area contributed by atoms with E-state index < -0.39 is 0 Å². The Labute approximate surface area is 194 Å². The van der Waals surface area contributed by atoms with Crippen LogP contribution in [-0.4, -0.2) is 40.1 Å². The van der Waals surface area contributed by atoms with Crippen molar-refractivity contribution in [1.82, 2.24) is 9.88 Å². The highest BCUT2D eigenvalue weighted by molar-refractivity contribution is 6.30. The van der Waals surface area contributed by atoms with Crippen molar-refractivity contribution in [3.63, 3.8) is 0 Å². The van der Waals surface area contributed by atoms with Crippen molar-refractivity contribution in [2.24, 2.45) is 0 Å². The third-order valence-corrected chi connectivity index (χ3v) is 6.06. The Hall–Kier alpha value is -2.73. The average molecular weight is 450 g/mol. The van der Waals surface area contributed by atoms with Crippen molar-refractivity contribution in [3.05, 3.63) is 83.1 Å². The van der Waals surface area contributed by atoms with E-state index in [4.69, 9.17) is 11.6 Å². The number of hydrogen-bond donors (Lipinski definition) is 2. The molecule has 0 unspecified atom stereocenters. The summed E-state index contributed by atoms with van der Waals surface area (Å²) in [7, 11) is 0. The number of carbonyl (C=O) groups is 1. The van der Waals surface area contributed by atoms with Crippen molar-refractivity contribution in [3.8, 4) is 11.1 Å². The number of rotatable bonds is 7. The van der Waals surface area contributed by atoms with Gasteiger partial charge >= 0.3 is 0 Å². The van der Waals surface area contributed by atoms with Crippen LogP contribution in [0.25, 0.3) is 11.1 Å². The van der Waals surface area contributed by atoms with Crippen molar-refractivity contribution in [1.29, 1.82) is 0 Å². The van der Waals surface area contributed by atoms with Gasteiger partial charge in [0.2, 0.25) is 5.91 Å². The fourth-order valence-electron chi connectivity index (χ4n) is 3.88. The van der Waals surface area contributed by atoms with Crippen LogP contribution in [-0.2, 0) is 17.8 Å². The number of aliphatic hydroxyl groups is 1. The maximum Gasteiger partial charge on any atom is 0.224 e. The molecule has 1 aromatic heterocycles. The van der Waals surface area contributed by atoms with E-state index >= 15 is 0 Å². The predicted molar refractivity (Wildman–Crippen MR) is 129 cm³/mol. The number of benzene rings is 2. The number of anilines is 1. The number of amides is 1. The standard InChI is InChI=1S/C26H28ClN3O2/c27-22-6-3-20(4-7-22)21-5-10-23(28-17-21)11-12-26(32)29-24-8-1-19(2-9-24)18-30-15-13-25(31)14-16-30/h1-10,17,25,31H,11-16,18H2,(H,29,32). The Kier molecular flexibility index (Phi) is 7.53. The molecular formula is C26H28ClN3O2. The first-order valence-electron chi connectivity index (χ1n) is 11.1. The van der Waals surface area contributed by atoms with Gasteiger partial charge in [0.05, 0.1) is 6.10 Å². The molecule has 1 fully saturated rings. The number of aliphatic hydroxyl groups excluding tert-OH is 1. The van der Waals surface area contributed by atoms with E-state index in [1.165, 1.54) is 5.56 Å². The van der Waals surface area contributed by atoms with Crippen LogP contribution in [0.15, 0.2) is 66.9 Å². The van der Waals surface area contributed by atoms with Crippen LogP contribution in [0.4, 0.5) is 5.69 Å². The van der Waals surface area contributed by atoms with Crippen molar-refractivity contribution in [2.75, 3.05) is 18.4 Å². The van der Waals surface area contributed by atoms with Crippen LogP contribution >= 0.6 is 11.6 Å². The summed E-state index contributed by atoms with van der Waals surface area (Å²) in [6.07, 6.45) is 4.33. The minimum absolute atomic E-state index is 0.0219. The Morgan fingerprint density at radius 1 is 1.00 bits per heavy atom. The van der Waals surface area contributed by atoms with Gasteiger partial charge in [0.15, 0.2) is 0 Å². The molecule has 0 saturated carbocycles. The van der Waals surface area contributed by atoms with E-state index in [0.717, 1.165) is 55.0 Å². The fourth-order valence-corrected chi connectivity index (χ4v) is 4.01. The van der Waals surface area contributed by atoms with Crippen LogP contribution in [0, 0.1) is 0 Å². The number of halogens is 1. The lowest BCUT2D eigenvalue weighted by molar-refractivity contribution is -0.116. The number of nitrogens with one attached hydrogen (secondary N) is 1. The van der Waals surface area contributed by atoms with Crippen LogP contribution in [0.1, 0.15) is 30.5 Å². The second-order valence-corrected chi connectivity index (χ2v) is 8.73. The van der Waals surface area contributed by atoms with Gasteiger partial charge in [-0.05, 0) is 60.7 Å². The molecule has 4 rings (SSSR count). The van der Waals surface area contributed by atoms with Gasteiger partial charge in [-0.1, -0.05) is 41.9 Å². The van der Waals surface area contributed by atoms with Crippen LogP contribution in [0.5, 0.6) is 0 Å². The van der Waals surface area contributed by atoms with Crippen LogP contribution < -0.4 is 5.32 Å². The van der Waals surface area contributed by atoms with Crippen molar-refractivity contribution < 1.29 is 9.90 Å². The van der Waals surface area contributed by atoms with Gasteiger partial charge in [0.1, 0.15) is 0 Å². The molecule has 0 radical (unpaired) electrons. The molecule has 2 heterocycles. The Morgan fingerprint density at radius 2 is 1.69 bits per heavy atom. The normalized spacial score (nSPS) is 14.9. The first-order chi connectivity index (χ1) is 15.5. The van der Waals surface area contributed by atoms with E-state index in [9.17, 15) is 9.90 Å². The molecule has 166 valence electrons. The summed E-state index contributed by atoms with van der Waals surface area (Å²) in [5.74, 6) is -0.0219. The summed E-state index contributed by atoms with van der Waals surface area (Å²) in [5.41, 5.74) is 4.99. The molecule has 1 aliphatic rings. The first-order valence-corrected chi connectivity index (χ1v) is 11.4. The molecular weight excluding hydrogens is 422 g/mol. The van der Waals surface area contributed by atoms with E-state index in [1.807, 2.05) is 54.7 Å². The fraction of sp³-hybridized carbons (Fsp3) is 0.308. The average Bonchev–Trinajstić information content (AvgIpc) is 2.81. The summed E-state index contributed by atoms with van der Waals surface area (Å²) in [6.45, 7) is 2.72. The highest BCUT2D eigenvalue weighted by atomic mass is 35.5. The number of nitrogens with zero attached hydrogens (tertiary/aromatic N) is 2. The van der Waals surface area contributed by atoms with Gasteiger partial charge in [-0.2, -0.15) is 0 Å². The largest absolute Gasteiger partial charge is 0.393 e. The lowest BCUT2D eigenvalue weighted by Crippen LogP contribution is -2.35. The number of piperidine rings is 1. The minimum atomic E-state index is -0.152. The molecule has 2 aromatic carbocycles. The molecule has 2 N–H and O–H groups in total. The number of carbonyl (C=O) groups excluding carboxylic acids is 1. The molecule has 1 aliphatic heterocycles. The molecule has 1 amide bonds. The summed E-state index contributed by atoms with van der Waals surface area (Å²) in [5, 5.41) is 13.3. The zero-order chi connectivity index (χ0) is 22.3. The van der Waals surface area contributed by atoms with Crippen LogP contribution in [0.2, 0.25) is 5.02 Å². The smallest absolute Gasteiger partial charge is 0.224 e. The van der Waals surface area contributed by atoms with Gasteiger partial charge in [-0.15, -0.1) is 0 Å². The Bertz CT molecular complexity index is 1010. The zero-order valence-corrected chi connectivity index (χ0v) is 18.8. The lowest BCUT2D eigenvalue weighted by Gasteiger charge is -2.29. The van der Waals surface area contributed by atoms with E-state index in [2.05, 4.69) is 27.3 Å². The molecule has 0 atom stereocenters. The number of aryl methyl sites for hydroxylation is 1. The summed E-state index contributed by atoms with van der Waals surface area (Å²) < 4.78 is 0. The third kappa shape index (κ3) is 6.39. The predicted octanol–water partition coefficient (Wildman–Crippen LogP) is 4.93. The number of aromatic nitrogens is 1. The number of pyridine rings is 1. The molecule has 0 aliphatic carbocycles. The van der Waals surface area contributed by atoms with Gasteiger partial charge in [0, 0.05) is 54.2 Å². The summed E-state index contributed by atoms with van der Waals surface area (Å²) in [6, 6.07) is 19.6.